The van der Waals surface area contributed by atoms with Gasteiger partial charge in [0, 0.05) is 5.25 Å². The first-order chi connectivity index (χ1) is 13.5. The smallest absolute Gasteiger partial charge is 0.280 e. The van der Waals surface area contributed by atoms with Crippen molar-refractivity contribution >= 4 is 19.6 Å². The minimum Gasteiger partial charge on any atom is -0.280 e. The van der Waals surface area contributed by atoms with Crippen molar-refractivity contribution in [3.8, 4) is 0 Å². The normalized spacial score (nSPS) is 43.5. The highest BCUT2D eigenvalue weighted by atomic mass is 32.2. The van der Waals surface area contributed by atoms with Crippen molar-refractivity contribution in [2.75, 3.05) is 0 Å². The fourth-order valence-corrected chi connectivity index (χ4v) is 7.67. The van der Waals surface area contributed by atoms with Crippen LogP contribution in [0.1, 0.15) is 64.2 Å². The van der Waals surface area contributed by atoms with Gasteiger partial charge in [-0.2, -0.15) is 18.7 Å². The van der Waals surface area contributed by atoms with Gasteiger partial charge in [-0.05, 0) is 42.9 Å². The Morgan fingerprint density at radius 2 is 1.68 bits per heavy atom. The van der Waals surface area contributed by atoms with Gasteiger partial charge in [-0.15, -0.1) is 11.8 Å². The van der Waals surface area contributed by atoms with Crippen LogP contribution in [0.3, 0.4) is 0 Å². The molecule has 0 aromatic carbocycles. The van der Waals surface area contributed by atoms with Gasteiger partial charge < -0.3 is 0 Å². The molecule has 160 valence electrons. The van der Waals surface area contributed by atoms with Crippen LogP contribution in [0.2, 0.25) is 6.32 Å². The van der Waals surface area contributed by atoms with Crippen LogP contribution in [0, 0.1) is 23.7 Å². The molecule has 0 aromatic heterocycles. The Morgan fingerprint density at radius 1 is 0.964 bits per heavy atom. The van der Waals surface area contributed by atoms with Crippen molar-refractivity contribution in [3.63, 3.8) is 0 Å². The van der Waals surface area contributed by atoms with Crippen LogP contribution >= 0.6 is 11.8 Å². The van der Waals surface area contributed by atoms with Crippen molar-refractivity contribution < 1.29 is 18.0 Å². The summed E-state index contributed by atoms with van der Waals surface area (Å²) in [7, 11) is 2.26. The van der Waals surface area contributed by atoms with E-state index in [9.17, 15) is 13.2 Å². The van der Waals surface area contributed by atoms with Crippen molar-refractivity contribution in [1.82, 2.24) is 10.8 Å². The van der Waals surface area contributed by atoms with Gasteiger partial charge in [0.25, 0.3) is 0 Å². The highest BCUT2D eigenvalue weighted by Crippen LogP contribution is 2.53. The molecule has 4 rings (SSSR count). The lowest BCUT2D eigenvalue weighted by Gasteiger charge is -2.31. The molecule has 2 aliphatic carbocycles. The van der Waals surface area contributed by atoms with Gasteiger partial charge in [-0.1, -0.05) is 51.3 Å². The van der Waals surface area contributed by atoms with E-state index in [4.69, 9.17) is 4.84 Å². The average Bonchev–Trinajstić information content (AvgIpc) is 3.36. The minimum absolute atomic E-state index is 0.0847. The summed E-state index contributed by atoms with van der Waals surface area (Å²) in [4.78, 5) is 5.80. The predicted octanol–water partition coefficient (Wildman–Crippen LogP) is 4.25. The molecule has 2 heterocycles. The number of alkyl halides is 3. The number of rotatable bonds is 4. The van der Waals surface area contributed by atoms with E-state index < -0.39 is 11.4 Å². The maximum absolute atomic E-state index is 13.8. The molecule has 28 heavy (non-hydrogen) atoms. The van der Waals surface area contributed by atoms with Gasteiger partial charge in [0.15, 0.2) is 0 Å². The first kappa shape index (κ1) is 21.3. The Hall–Kier alpha value is 0.0849. The molecule has 5 atom stereocenters. The van der Waals surface area contributed by atoms with Crippen molar-refractivity contribution in [2.45, 2.75) is 99.6 Å². The van der Waals surface area contributed by atoms with E-state index in [2.05, 4.69) is 18.6 Å². The highest BCUT2D eigenvalue weighted by molar-refractivity contribution is 8.00. The quantitative estimate of drug-likeness (QED) is 0.669. The molecular weight excluding hydrogens is 384 g/mol. The second-order valence-electron chi connectivity index (χ2n) is 9.42. The number of hydrogen-bond donors (Lipinski definition) is 2. The zero-order chi connectivity index (χ0) is 19.7. The van der Waals surface area contributed by atoms with Gasteiger partial charge in [0.1, 0.15) is 19.3 Å². The molecule has 2 saturated carbocycles. The lowest BCUT2D eigenvalue weighted by atomic mass is 9.75. The summed E-state index contributed by atoms with van der Waals surface area (Å²) in [6.45, 7) is 0. The molecule has 4 aliphatic rings. The van der Waals surface area contributed by atoms with E-state index >= 15 is 0 Å². The Kier molecular flexibility index (Phi) is 6.90. The SMILES string of the molecule is BCC1CCC(C2NOC(C3CC(C4CCCCC4)C(C(F)(F)F)S3)N2)CC1. The van der Waals surface area contributed by atoms with Crippen LogP contribution in [-0.2, 0) is 4.84 Å². The van der Waals surface area contributed by atoms with Crippen molar-refractivity contribution in [1.29, 1.82) is 0 Å². The number of hydroxylamine groups is 1. The van der Waals surface area contributed by atoms with E-state index in [1.54, 1.807) is 0 Å². The zero-order valence-corrected chi connectivity index (χ0v) is 17.7. The molecular formula is C20H34BF3N2OS. The molecule has 0 spiro atoms. The monoisotopic (exact) mass is 418 g/mol. The summed E-state index contributed by atoms with van der Waals surface area (Å²) < 4.78 is 41.3. The molecule has 5 unspecified atom stereocenters. The second-order valence-corrected chi connectivity index (χ2v) is 10.8. The predicted molar refractivity (Wildman–Crippen MR) is 110 cm³/mol. The number of halogens is 3. The van der Waals surface area contributed by atoms with Crippen LogP contribution in [-0.4, -0.2) is 36.9 Å². The summed E-state index contributed by atoms with van der Waals surface area (Å²) in [6.07, 6.45) is 7.65. The summed E-state index contributed by atoms with van der Waals surface area (Å²) in [6, 6.07) is 0. The molecule has 0 radical (unpaired) electrons. The Balaban J connectivity index is 1.35. The van der Waals surface area contributed by atoms with Gasteiger partial charge in [0.2, 0.25) is 0 Å². The van der Waals surface area contributed by atoms with Gasteiger partial charge in [0.05, 0.1) is 6.17 Å². The average molecular weight is 418 g/mol. The Labute approximate surface area is 172 Å². The lowest BCUT2D eigenvalue weighted by molar-refractivity contribution is -0.141. The van der Waals surface area contributed by atoms with E-state index in [0.717, 1.165) is 43.4 Å². The van der Waals surface area contributed by atoms with Crippen LogP contribution < -0.4 is 10.8 Å². The van der Waals surface area contributed by atoms with E-state index in [-0.39, 0.29) is 29.5 Å². The highest BCUT2D eigenvalue weighted by Gasteiger charge is 2.55. The standard InChI is InChI=1S/C20H34BF3N2OS/c21-11-12-6-8-14(9-7-12)18-25-19(27-26-18)16-10-15(13-4-2-1-3-5-13)17(28-16)20(22,23)24/h12-19,25-26H,1-11,21H2. The largest absolute Gasteiger partial charge is 0.400 e. The Morgan fingerprint density at radius 3 is 2.32 bits per heavy atom. The lowest BCUT2D eigenvalue weighted by Crippen LogP contribution is -2.43. The molecule has 4 fully saturated rings. The summed E-state index contributed by atoms with van der Waals surface area (Å²) in [5.41, 5.74) is 3.13. The molecule has 0 amide bonds. The molecule has 0 aromatic rings. The van der Waals surface area contributed by atoms with Crippen molar-refractivity contribution in [3.05, 3.63) is 0 Å². The van der Waals surface area contributed by atoms with Crippen LogP contribution in [0.25, 0.3) is 0 Å². The third-order valence-electron chi connectivity index (χ3n) is 7.74. The second kappa shape index (κ2) is 9.07. The maximum atomic E-state index is 13.8. The van der Waals surface area contributed by atoms with Crippen molar-refractivity contribution in [2.24, 2.45) is 23.7 Å². The van der Waals surface area contributed by atoms with Gasteiger partial charge in [-0.3, -0.25) is 10.2 Å². The third kappa shape index (κ3) is 4.70. The van der Waals surface area contributed by atoms with E-state index in [1.165, 1.54) is 38.4 Å². The first-order valence-electron chi connectivity index (χ1n) is 11.3. The van der Waals surface area contributed by atoms with Crippen LogP contribution in [0.15, 0.2) is 0 Å². The summed E-state index contributed by atoms with van der Waals surface area (Å²) in [5.74, 6) is 1.34. The first-order valence-corrected chi connectivity index (χ1v) is 12.3. The summed E-state index contributed by atoms with van der Waals surface area (Å²) >= 11 is 1.12. The fraction of sp³-hybridized carbons (Fsp3) is 1.00. The van der Waals surface area contributed by atoms with Crippen LogP contribution in [0.4, 0.5) is 13.2 Å². The third-order valence-corrected chi connectivity index (χ3v) is 9.44. The topological polar surface area (TPSA) is 33.3 Å². The summed E-state index contributed by atoms with van der Waals surface area (Å²) in [5, 5.41) is 2.16. The minimum atomic E-state index is -4.12. The molecule has 8 heteroatoms. The van der Waals surface area contributed by atoms with Crippen LogP contribution in [0.5, 0.6) is 0 Å². The molecule has 2 saturated heterocycles. The van der Waals surface area contributed by atoms with E-state index in [1.807, 2.05) is 0 Å². The Bertz CT molecular complexity index is 512. The van der Waals surface area contributed by atoms with E-state index in [0.29, 0.717) is 12.3 Å². The molecule has 2 N–H and O–H groups in total. The number of hydrogen-bond acceptors (Lipinski definition) is 4. The fourth-order valence-electron chi connectivity index (χ4n) is 5.99. The molecule has 0 bridgehead atoms. The zero-order valence-electron chi connectivity index (χ0n) is 16.8. The molecule has 3 nitrogen and oxygen atoms in total. The van der Waals surface area contributed by atoms with Gasteiger partial charge >= 0.3 is 6.18 Å². The number of thioether (sulfide) groups is 1. The molecule has 2 aliphatic heterocycles. The maximum Gasteiger partial charge on any atom is 0.400 e. The van der Waals surface area contributed by atoms with Gasteiger partial charge in [-0.25, -0.2) is 0 Å². The number of nitrogens with one attached hydrogen (secondary N) is 2.